The molecule has 1 aliphatic rings. The molecule has 0 bridgehead atoms. The number of aromatic nitrogens is 4. The van der Waals surface area contributed by atoms with Gasteiger partial charge in [-0.1, -0.05) is 0 Å². The molecule has 3 aromatic rings. The van der Waals surface area contributed by atoms with Crippen LogP contribution < -0.4 is 10.9 Å². The van der Waals surface area contributed by atoms with Gasteiger partial charge in [0.1, 0.15) is 12.1 Å². The molecule has 1 fully saturated rings. The van der Waals surface area contributed by atoms with E-state index in [0.29, 0.717) is 18.5 Å². The first-order chi connectivity index (χ1) is 12.1. The Kier molecular flexibility index (Phi) is 3.85. The average molecular weight is 343 g/mol. The van der Waals surface area contributed by atoms with E-state index in [-0.39, 0.29) is 23.6 Å². The number of hydrogen-bond donors (Lipinski definition) is 2. The summed E-state index contributed by atoms with van der Waals surface area (Å²) in [6, 6.07) is 5.93. The average Bonchev–Trinajstić information content (AvgIpc) is 3.03. The van der Waals surface area contributed by atoms with E-state index in [2.05, 4.69) is 15.4 Å². The van der Waals surface area contributed by atoms with E-state index >= 15 is 0 Å². The van der Waals surface area contributed by atoms with Crippen molar-refractivity contribution in [2.75, 3.05) is 13.1 Å². The maximum Gasteiger partial charge on any atom is 0.296 e. The molecule has 0 radical (unpaired) electrons. The van der Waals surface area contributed by atoms with Gasteiger partial charge in [0.15, 0.2) is 0 Å². The van der Waals surface area contributed by atoms with Gasteiger partial charge in [0, 0.05) is 5.56 Å². The molecule has 2 N–H and O–H groups in total. The lowest BCUT2D eigenvalue weighted by molar-refractivity contribution is -0.00643. The number of piperidine rings is 1. The lowest BCUT2D eigenvalue weighted by Crippen LogP contribution is -2.46. The van der Waals surface area contributed by atoms with E-state index in [1.165, 1.54) is 27.5 Å². The van der Waals surface area contributed by atoms with Gasteiger partial charge in [-0.25, -0.2) is 13.9 Å². The van der Waals surface area contributed by atoms with Crippen molar-refractivity contribution in [2.45, 2.75) is 25.0 Å². The Labute approximate surface area is 142 Å². The number of nitrogens with one attached hydrogen (secondary N) is 1. The first-order valence-corrected chi connectivity index (χ1v) is 8.18. The fourth-order valence-corrected chi connectivity index (χ4v) is 3.20. The molecule has 0 unspecified atom stereocenters. The maximum absolute atomic E-state index is 13.1. The second-order valence-electron chi connectivity index (χ2n) is 6.42. The summed E-state index contributed by atoms with van der Waals surface area (Å²) in [5.41, 5.74) is 0.284. The van der Waals surface area contributed by atoms with Gasteiger partial charge in [-0.3, -0.25) is 9.36 Å². The highest BCUT2D eigenvalue weighted by Gasteiger charge is 2.30. The molecule has 0 saturated carbocycles. The zero-order chi connectivity index (χ0) is 17.4. The van der Waals surface area contributed by atoms with E-state index in [9.17, 15) is 14.3 Å². The predicted octanol–water partition coefficient (Wildman–Crippen LogP) is 0.812. The Morgan fingerprint density at radius 3 is 2.68 bits per heavy atom. The first-order valence-electron chi connectivity index (χ1n) is 8.18. The molecule has 7 nitrogen and oxygen atoms in total. The summed E-state index contributed by atoms with van der Waals surface area (Å²) in [7, 11) is 0. The van der Waals surface area contributed by atoms with Gasteiger partial charge in [0.25, 0.3) is 5.56 Å². The topological polar surface area (TPSA) is 84.5 Å². The summed E-state index contributed by atoms with van der Waals surface area (Å²) in [5, 5.41) is 18.1. The third-order valence-electron chi connectivity index (χ3n) is 4.64. The Morgan fingerprint density at radius 2 is 1.96 bits per heavy atom. The van der Waals surface area contributed by atoms with Gasteiger partial charge in [0.05, 0.1) is 24.0 Å². The Morgan fingerprint density at radius 1 is 1.24 bits per heavy atom. The van der Waals surface area contributed by atoms with Crippen molar-refractivity contribution >= 4 is 5.65 Å². The van der Waals surface area contributed by atoms with Crippen molar-refractivity contribution in [3.05, 3.63) is 53.0 Å². The number of rotatable bonds is 3. The number of aliphatic hydroxyl groups is 1. The highest BCUT2D eigenvalue weighted by Crippen LogP contribution is 2.21. The second kappa shape index (κ2) is 6.05. The largest absolute Gasteiger partial charge is 0.388 e. The quantitative estimate of drug-likeness (QED) is 0.735. The van der Waals surface area contributed by atoms with Crippen LogP contribution in [-0.4, -0.2) is 43.0 Å². The lowest BCUT2D eigenvalue weighted by Gasteiger charge is -2.32. The van der Waals surface area contributed by atoms with Crippen molar-refractivity contribution in [2.24, 2.45) is 0 Å². The van der Waals surface area contributed by atoms with Gasteiger partial charge >= 0.3 is 0 Å². The minimum Gasteiger partial charge on any atom is -0.388 e. The SMILES string of the molecule is O=c1c2ncc(-c3ccc(F)cc3)n2ncn1CC1(O)CCNCC1. The predicted molar refractivity (Wildman–Crippen MR) is 89.7 cm³/mol. The minimum atomic E-state index is -0.915. The summed E-state index contributed by atoms with van der Waals surface area (Å²) >= 11 is 0. The van der Waals surface area contributed by atoms with E-state index < -0.39 is 5.60 Å². The van der Waals surface area contributed by atoms with Crippen molar-refractivity contribution in [1.82, 2.24) is 24.5 Å². The fraction of sp³-hybridized carbons (Fsp3) is 0.353. The van der Waals surface area contributed by atoms with Crippen molar-refractivity contribution in [1.29, 1.82) is 0 Å². The van der Waals surface area contributed by atoms with Crippen LogP contribution in [-0.2, 0) is 6.54 Å². The molecule has 8 heteroatoms. The monoisotopic (exact) mass is 343 g/mol. The standard InChI is InChI=1S/C17H18FN5O2/c18-13-3-1-12(2-4-13)14-9-20-15-16(24)22(11-21-23(14)15)10-17(25)5-7-19-8-6-17/h1-4,9,11,19,25H,5-8,10H2. The van der Waals surface area contributed by atoms with Gasteiger partial charge in [-0.15, -0.1) is 0 Å². The third-order valence-corrected chi connectivity index (χ3v) is 4.64. The molecule has 2 aromatic heterocycles. The van der Waals surface area contributed by atoms with Crippen LogP contribution in [0.3, 0.4) is 0 Å². The molecule has 0 aliphatic carbocycles. The number of halogens is 1. The number of imidazole rings is 1. The maximum atomic E-state index is 13.1. The molecule has 0 amide bonds. The molecular weight excluding hydrogens is 325 g/mol. The first kappa shape index (κ1) is 15.9. The second-order valence-corrected chi connectivity index (χ2v) is 6.42. The molecular formula is C17H18FN5O2. The van der Waals surface area contributed by atoms with Crippen LogP contribution in [0, 0.1) is 5.82 Å². The number of nitrogens with zero attached hydrogens (tertiary/aromatic N) is 4. The van der Waals surface area contributed by atoms with Crippen molar-refractivity contribution in [3.8, 4) is 11.3 Å². The molecule has 1 saturated heterocycles. The summed E-state index contributed by atoms with van der Waals surface area (Å²) < 4.78 is 15.9. The van der Waals surface area contributed by atoms with Gasteiger partial charge in [-0.2, -0.15) is 5.10 Å². The van der Waals surface area contributed by atoms with Crippen LogP contribution in [0.1, 0.15) is 12.8 Å². The van der Waals surface area contributed by atoms with Crippen molar-refractivity contribution in [3.63, 3.8) is 0 Å². The molecule has 25 heavy (non-hydrogen) atoms. The molecule has 130 valence electrons. The third kappa shape index (κ3) is 2.94. The molecule has 3 heterocycles. The molecule has 1 aliphatic heterocycles. The summed E-state index contributed by atoms with van der Waals surface area (Å²) in [5.74, 6) is -0.330. The van der Waals surface area contributed by atoms with E-state index in [1.54, 1.807) is 18.3 Å². The Bertz CT molecular complexity index is 957. The van der Waals surface area contributed by atoms with Gasteiger partial charge < -0.3 is 10.4 Å². The van der Waals surface area contributed by atoms with E-state index in [1.807, 2.05) is 0 Å². The summed E-state index contributed by atoms with van der Waals surface area (Å²) in [6.07, 6.45) is 4.13. The zero-order valence-corrected chi connectivity index (χ0v) is 13.5. The minimum absolute atomic E-state index is 0.180. The lowest BCUT2D eigenvalue weighted by atomic mass is 9.92. The van der Waals surface area contributed by atoms with Crippen LogP contribution in [0.2, 0.25) is 0 Å². The fourth-order valence-electron chi connectivity index (χ4n) is 3.20. The van der Waals surface area contributed by atoms with Crippen LogP contribution in [0.25, 0.3) is 16.9 Å². The van der Waals surface area contributed by atoms with E-state index in [0.717, 1.165) is 18.7 Å². The number of hydrogen-bond acceptors (Lipinski definition) is 5. The summed E-state index contributed by atoms with van der Waals surface area (Å²) in [4.78, 5) is 16.9. The van der Waals surface area contributed by atoms with E-state index in [4.69, 9.17) is 0 Å². The molecule has 0 atom stereocenters. The Hall–Kier alpha value is -2.58. The number of benzene rings is 1. The molecule has 1 aromatic carbocycles. The van der Waals surface area contributed by atoms with Crippen molar-refractivity contribution < 1.29 is 9.50 Å². The van der Waals surface area contributed by atoms with Crippen LogP contribution >= 0.6 is 0 Å². The van der Waals surface area contributed by atoms with Crippen LogP contribution in [0.15, 0.2) is 41.6 Å². The summed E-state index contributed by atoms with van der Waals surface area (Å²) in [6.45, 7) is 1.63. The van der Waals surface area contributed by atoms with Crippen LogP contribution in [0.5, 0.6) is 0 Å². The van der Waals surface area contributed by atoms with Crippen LogP contribution in [0.4, 0.5) is 4.39 Å². The zero-order valence-electron chi connectivity index (χ0n) is 13.5. The number of fused-ring (bicyclic) bond motifs is 1. The van der Waals surface area contributed by atoms with Gasteiger partial charge in [0.2, 0.25) is 5.65 Å². The normalized spacial score (nSPS) is 17.0. The highest BCUT2D eigenvalue weighted by molar-refractivity contribution is 5.62. The van der Waals surface area contributed by atoms with Gasteiger partial charge in [-0.05, 0) is 50.2 Å². The molecule has 4 rings (SSSR count). The smallest absolute Gasteiger partial charge is 0.296 e. The Balaban J connectivity index is 1.72. The molecule has 0 spiro atoms. The highest BCUT2D eigenvalue weighted by atomic mass is 19.1.